The lowest BCUT2D eigenvalue weighted by molar-refractivity contribution is 0.280. The van der Waals surface area contributed by atoms with Crippen LogP contribution in [0, 0.1) is 20.7 Å². The predicted octanol–water partition coefficient (Wildman–Crippen LogP) is 2.65. The molecule has 1 aliphatic rings. The minimum Gasteiger partial charge on any atom is -0.483 e. The van der Waals surface area contributed by atoms with Crippen molar-refractivity contribution in [1.82, 2.24) is 9.97 Å². The summed E-state index contributed by atoms with van der Waals surface area (Å²) in [5.74, 6) is -0.368. The van der Waals surface area contributed by atoms with E-state index in [4.69, 9.17) is 10.00 Å². The molecule has 88 valence electrons. The van der Waals surface area contributed by atoms with Crippen molar-refractivity contribution in [2.75, 3.05) is 0 Å². The quantitative estimate of drug-likeness (QED) is 0.684. The van der Waals surface area contributed by atoms with Gasteiger partial charge in [-0.05, 0) is 28.7 Å². The fourth-order valence-electron chi connectivity index (χ4n) is 1.85. The smallest absolute Gasteiger partial charge is 0.180 e. The highest BCUT2D eigenvalue weighted by molar-refractivity contribution is 14.1. The normalized spacial score (nSPS) is 12.1. The molecule has 0 amide bonds. The summed E-state index contributed by atoms with van der Waals surface area (Å²) in [5.41, 5.74) is 1.98. The number of rotatable bonds is 0. The Kier molecular flexibility index (Phi) is 2.63. The topological polar surface area (TPSA) is 58.8 Å². The van der Waals surface area contributed by atoms with Crippen molar-refractivity contribution in [2.45, 2.75) is 6.61 Å². The van der Waals surface area contributed by atoms with Crippen LogP contribution in [0.15, 0.2) is 18.5 Å². The van der Waals surface area contributed by atoms with Crippen LogP contribution in [0.25, 0.3) is 11.3 Å². The third-order valence-corrected chi connectivity index (χ3v) is 3.72. The molecule has 0 N–H and O–H groups in total. The molecular weight excluding hydrogens is 348 g/mol. The molecule has 0 aliphatic carbocycles. The predicted molar refractivity (Wildman–Crippen MR) is 69.2 cm³/mol. The second kappa shape index (κ2) is 4.17. The molecule has 0 atom stereocenters. The number of nitriles is 1. The minimum atomic E-state index is -0.513. The van der Waals surface area contributed by atoms with E-state index in [1.54, 1.807) is 34.9 Å². The lowest BCUT2D eigenvalue weighted by atomic mass is 10.0. The third-order valence-electron chi connectivity index (χ3n) is 2.66. The fraction of sp³-hybridized carbons (Fsp3) is 0.0833. The van der Waals surface area contributed by atoms with Gasteiger partial charge in [0.15, 0.2) is 11.6 Å². The number of aromatic nitrogens is 2. The van der Waals surface area contributed by atoms with E-state index in [1.807, 2.05) is 6.07 Å². The molecule has 4 nitrogen and oxygen atoms in total. The largest absolute Gasteiger partial charge is 0.483 e. The second-order valence-corrected chi connectivity index (χ2v) is 4.76. The zero-order valence-electron chi connectivity index (χ0n) is 8.94. The van der Waals surface area contributed by atoms with E-state index < -0.39 is 5.82 Å². The van der Waals surface area contributed by atoms with Crippen LogP contribution in [0.2, 0.25) is 0 Å². The van der Waals surface area contributed by atoms with Crippen LogP contribution in [0.4, 0.5) is 4.39 Å². The monoisotopic (exact) mass is 353 g/mol. The Morgan fingerprint density at radius 3 is 2.94 bits per heavy atom. The number of benzene rings is 1. The highest BCUT2D eigenvalue weighted by Gasteiger charge is 2.26. The van der Waals surface area contributed by atoms with Gasteiger partial charge in [0.2, 0.25) is 0 Å². The van der Waals surface area contributed by atoms with Crippen molar-refractivity contribution in [3.05, 3.63) is 39.1 Å². The summed E-state index contributed by atoms with van der Waals surface area (Å²) in [7, 11) is 0. The van der Waals surface area contributed by atoms with Gasteiger partial charge in [-0.2, -0.15) is 5.26 Å². The van der Waals surface area contributed by atoms with E-state index in [9.17, 15) is 4.39 Å². The minimum absolute atomic E-state index is 0.145. The molecule has 6 heteroatoms. The van der Waals surface area contributed by atoms with Crippen molar-refractivity contribution < 1.29 is 9.13 Å². The number of nitrogens with zero attached hydrogens (tertiary/aromatic N) is 3. The van der Waals surface area contributed by atoms with Gasteiger partial charge in [0.25, 0.3) is 0 Å². The fourth-order valence-corrected chi connectivity index (χ4v) is 2.37. The lowest BCUT2D eigenvalue weighted by Gasteiger charge is -2.20. The second-order valence-electron chi connectivity index (χ2n) is 3.68. The van der Waals surface area contributed by atoms with Crippen LogP contribution in [-0.4, -0.2) is 9.97 Å². The number of ether oxygens (including phenoxy) is 1. The summed E-state index contributed by atoms with van der Waals surface area (Å²) in [6.45, 7) is 0.190. The van der Waals surface area contributed by atoms with E-state index in [-0.39, 0.29) is 21.5 Å². The summed E-state index contributed by atoms with van der Waals surface area (Å²) in [6, 6.07) is 3.56. The van der Waals surface area contributed by atoms with Gasteiger partial charge in [0, 0.05) is 18.0 Å². The Morgan fingerprint density at radius 1 is 1.39 bits per heavy atom. The zero-order valence-corrected chi connectivity index (χ0v) is 11.1. The molecule has 0 fully saturated rings. The van der Waals surface area contributed by atoms with Gasteiger partial charge in [-0.3, -0.25) is 9.97 Å². The molecule has 1 aromatic carbocycles. The Bertz CT molecular complexity index is 696. The molecule has 0 saturated carbocycles. The Hall–Kier alpha value is -1.75. The first-order valence-electron chi connectivity index (χ1n) is 5.07. The summed E-state index contributed by atoms with van der Waals surface area (Å²) in [5, 5.41) is 8.99. The van der Waals surface area contributed by atoms with Crippen molar-refractivity contribution in [3.8, 4) is 23.1 Å². The van der Waals surface area contributed by atoms with Crippen LogP contribution in [0.1, 0.15) is 11.3 Å². The number of halogens is 2. The molecule has 0 bridgehead atoms. The van der Waals surface area contributed by atoms with Gasteiger partial charge in [0.1, 0.15) is 18.4 Å². The first-order valence-corrected chi connectivity index (χ1v) is 6.15. The van der Waals surface area contributed by atoms with Crippen molar-refractivity contribution in [2.24, 2.45) is 0 Å². The maximum Gasteiger partial charge on any atom is 0.180 e. The maximum absolute atomic E-state index is 14.1. The summed E-state index contributed by atoms with van der Waals surface area (Å²) < 4.78 is 19.7. The molecule has 1 aromatic heterocycles. The van der Waals surface area contributed by atoms with Gasteiger partial charge in [-0.15, -0.1) is 0 Å². The summed E-state index contributed by atoms with van der Waals surface area (Å²) in [4.78, 5) is 8.32. The Labute approximate surface area is 116 Å². The molecular formula is C12H5FIN3O. The van der Waals surface area contributed by atoms with Crippen LogP contribution in [0.5, 0.6) is 5.75 Å². The highest BCUT2D eigenvalue weighted by Crippen LogP contribution is 2.40. The lowest BCUT2D eigenvalue weighted by Crippen LogP contribution is -2.11. The van der Waals surface area contributed by atoms with E-state index in [1.165, 1.54) is 6.20 Å². The average Bonchev–Trinajstić information content (AvgIpc) is 2.42. The molecule has 0 spiro atoms. The molecule has 0 radical (unpaired) electrons. The van der Waals surface area contributed by atoms with Gasteiger partial charge < -0.3 is 4.74 Å². The van der Waals surface area contributed by atoms with Crippen molar-refractivity contribution >= 4 is 22.6 Å². The molecule has 1 aliphatic heterocycles. The van der Waals surface area contributed by atoms with E-state index >= 15 is 0 Å². The number of hydrogen-bond donors (Lipinski definition) is 0. The van der Waals surface area contributed by atoms with Gasteiger partial charge in [0.05, 0.1) is 14.8 Å². The van der Waals surface area contributed by atoms with Crippen LogP contribution >= 0.6 is 22.6 Å². The van der Waals surface area contributed by atoms with E-state index in [2.05, 4.69) is 9.97 Å². The first kappa shape index (κ1) is 11.3. The van der Waals surface area contributed by atoms with Crippen molar-refractivity contribution in [3.63, 3.8) is 0 Å². The maximum atomic E-state index is 14.1. The standard InChI is InChI=1S/C12H5FIN3O/c13-9-10(14)6(4-15)3-7-11-8(5-18-12(7)9)16-1-2-17-11/h1-3H,5H2. The molecule has 2 aromatic rings. The Balaban J connectivity index is 2.35. The molecule has 3 rings (SSSR count). The van der Waals surface area contributed by atoms with Crippen LogP contribution in [-0.2, 0) is 6.61 Å². The summed E-state index contributed by atoms with van der Waals surface area (Å²) in [6.07, 6.45) is 3.09. The van der Waals surface area contributed by atoms with Crippen LogP contribution < -0.4 is 4.74 Å². The van der Waals surface area contributed by atoms with E-state index in [0.29, 0.717) is 17.0 Å². The highest BCUT2D eigenvalue weighted by atomic mass is 127. The SMILES string of the molecule is N#Cc1cc2c(c(F)c1I)OCc1nccnc1-2. The van der Waals surface area contributed by atoms with Gasteiger partial charge in [-0.25, -0.2) is 4.39 Å². The average molecular weight is 353 g/mol. The number of hydrogen-bond acceptors (Lipinski definition) is 4. The van der Waals surface area contributed by atoms with Crippen molar-refractivity contribution in [1.29, 1.82) is 5.26 Å². The Morgan fingerprint density at radius 2 is 2.17 bits per heavy atom. The summed E-state index contributed by atoms with van der Waals surface area (Å²) >= 11 is 1.80. The zero-order chi connectivity index (χ0) is 12.7. The molecule has 2 heterocycles. The molecule has 0 saturated heterocycles. The first-order chi connectivity index (χ1) is 8.72. The van der Waals surface area contributed by atoms with Gasteiger partial charge in [-0.1, -0.05) is 0 Å². The number of fused-ring (bicyclic) bond motifs is 3. The van der Waals surface area contributed by atoms with Gasteiger partial charge >= 0.3 is 0 Å². The molecule has 18 heavy (non-hydrogen) atoms. The van der Waals surface area contributed by atoms with Crippen LogP contribution in [0.3, 0.4) is 0 Å². The van der Waals surface area contributed by atoms with E-state index in [0.717, 1.165) is 0 Å². The molecule has 0 unspecified atom stereocenters. The third kappa shape index (κ3) is 1.54.